The van der Waals surface area contributed by atoms with Crippen LogP contribution in [0.4, 0.5) is 10.5 Å². The highest BCUT2D eigenvalue weighted by Gasteiger charge is 2.24. The van der Waals surface area contributed by atoms with E-state index < -0.39 is 0 Å². The number of carbonyl (C=O) groups excluding carboxylic acids is 2. The van der Waals surface area contributed by atoms with Crippen molar-refractivity contribution >= 4 is 17.6 Å². The van der Waals surface area contributed by atoms with Gasteiger partial charge < -0.3 is 15.1 Å². The second-order valence-corrected chi connectivity index (χ2v) is 6.16. The Bertz CT molecular complexity index is 723. The van der Waals surface area contributed by atoms with E-state index in [4.69, 9.17) is 0 Å². The van der Waals surface area contributed by atoms with E-state index in [9.17, 15) is 9.59 Å². The molecule has 0 aliphatic carbocycles. The summed E-state index contributed by atoms with van der Waals surface area (Å²) in [5.41, 5.74) is 2.70. The smallest absolute Gasteiger partial charge is 0.321 e. The molecule has 1 saturated heterocycles. The van der Waals surface area contributed by atoms with Gasteiger partial charge in [0, 0.05) is 43.8 Å². The van der Waals surface area contributed by atoms with Crippen LogP contribution < -0.4 is 5.32 Å². The fourth-order valence-electron chi connectivity index (χ4n) is 2.77. The highest BCUT2D eigenvalue weighted by Crippen LogP contribution is 2.11. The zero-order valence-corrected chi connectivity index (χ0v) is 14.3. The fourth-order valence-corrected chi connectivity index (χ4v) is 2.77. The van der Waals surface area contributed by atoms with Crippen molar-refractivity contribution in [2.75, 3.05) is 31.5 Å². The first-order valence-corrected chi connectivity index (χ1v) is 8.42. The van der Waals surface area contributed by atoms with Gasteiger partial charge in [-0.2, -0.15) is 0 Å². The first kappa shape index (κ1) is 17.0. The Balaban J connectivity index is 1.48. The van der Waals surface area contributed by atoms with Crippen molar-refractivity contribution in [1.29, 1.82) is 0 Å². The Morgan fingerprint density at radius 2 is 1.68 bits per heavy atom. The number of hydrogen-bond donors (Lipinski definition) is 1. The minimum absolute atomic E-state index is 0.0530. The number of anilines is 1. The molecule has 0 unspecified atom stereocenters. The molecule has 0 bridgehead atoms. The first-order chi connectivity index (χ1) is 12.1. The van der Waals surface area contributed by atoms with E-state index in [0.29, 0.717) is 32.6 Å². The van der Waals surface area contributed by atoms with E-state index in [1.165, 1.54) is 0 Å². The molecular formula is C19H22N4O2. The Labute approximate surface area is 147 Å². The molecule has 6 nitrogen and oxygen atoms in total. The molecule has 1 fully saturated rings. The maximum atomic E-state index is 12.3. The molecule has 2 heterocycles. The third kappa shape index (κ3) is 4.56. The summed E-state index contributed by atoms with van der Waals surface area (Å²) in [6.45, 7) is 4.17. The number of aromatic nitrogens is 1. The topological polar surface area (TPSA) is 65.5 Å². The number of nitrogens with one attached hydrogen (secondary N) is 1. The van der Waals surface area contributed by atoms with Crippen LogP contribution in [0.2, 0.25) is 0 Å². The molecular weight excluding hydrogens is 316 g/mol. The lowest BCUT2D eigenvalue weighted by atomic mass is 10.2. The normalized spacial score (nSPS) is 14.3. The lowest BCUT2D eigenvalue weighted by Gasteiger charge is -2.34. The molecule has 3 rings (SSSR count). The van der Waals surface area contributed by atoms with Crippen LogP contribution in [0.15, 0.2) is 48.7 Å². The number of carbonyl (C=O) groups is 2. The van der Waals surface area contributed by atoms with Crippen LogP contribution in [0.1, 0.15) is 11.3 Å². The van der Waals surface area contributed by atoms with Gasteiger partial charge in [0.2, 0.25) is 5.91 Å². The molecule has 1 aliphatic rings. The molecule has 0 radical (unpaired) electrons. The van der Waals surface area contributed by atoms with Gasteiger partial charge in [-0.15, -0.1) is 0 Å². The third-order valence-corrected chi connectivity index (χ3v) is 4.28. The van der Waals surface area contributed by atoms with E-state index in [0.717, 1.165) is 16.9 Å². The highest BCUT2D eigenvalue weighted by molar-refractivity contribution is 5.89. The van der Waals surface area contributed by atoms with Gasteiger partial charge in [-0.05, 0) is 31.2 Å². The Morgan fingerprint density at radius 1 is 1.00 bits per heavy atom. The number of benzene rings is 1. The predicted octanol–water partition coefficient (Wildman–Crippen LogP) is 2.31. The molecule has 25 heavy (non-hydrogen) atoms. The van der Waals surface area contributed by atoms with Crippen LogP contribution in [-0.2, 0) is 11.2 Å². The van der Waals surface area contributed by atoms with Crippen LogP contribution in [0.3, 0.4) is 0 Å². The van der Waals surface area contributed by atoms with E-state index in [1.807, 2.05) is 49.4 Å². The lowest BCUT2D eigenvalue weighted by Crippen LogP contribution is -2.52. The Morgan fingerprint density at radius 3 is 2.32 bits per heavy atom. The van der Waals surface area contributed by atoms with E-state index in [1.54, 1.807) is 16.0 Å². The van der Waals surface area contributed by atoms with Crippen molar-refractivity contribution in [3.8, 4) is 0 Å². The number of aryl methyl sites for hydroxylation is 1. The number of piperazine rings is 1. The van der Waals surface area contributed by atoms with Gasteiger partial charge in [0.25, 0.3) is 0 Å². The molecule has 3 amide bonds. The largest absolute Gasteiger partial charge is 0.339 e. The molecule has 2 aromatic rings. The van der Waals surface area contributed by atoms with Gasteiger partial charge in [-0.1, -0.05) is 23.8 Å². The number of rotatable bonds is 3. The SMILES string of the molecule is Cc1ccc(NC(=O)N2CCN(C(=O)Cc3ccccn3)CC2)cc1. The summed E-state index contributed by atoms with van der Waals surface area (Å²) >= 11 is 0. The zero-order chi connectivity index (χ0) is 17.6. The summed E-state index contributed by atoms with van der Waals surface area (Å²) < 4.78 is 0. The van der Waals surface area contributed by atoms with E-state index in [2.05, 4.69) is 10.3 Å². The van der Waals surface area contributed by atoms with Gasteiger partial charge in [-0.25, -0.2) is 4.79 Å². The highest BCUT2D eigenvalue weighted by atomic mass is 16.2. The molecule has 130 valence electrons. The second kappa shape index (κ2) is 7.79. The van der Waals surface area contributed by atoms with Crippen molar-refractivity contribution in [1.82, 2.24) is 14.8 Å². The van der Waals surface area contributed by atoms with Gasteiger partial charge in [-0.3, -0.25) is 9.78 Å². The van der Waals surface area contributed by atoms with Crippen LogP contribution in [0, 0.1) is 6.92 Å². The Hall–Kier alpha value is -2.89. The molecule has 0 saturated carbocycles. The quantitative estimate of drug-likeness (QED) is 0.934. The first-order valence-electron chi connectivity index (χ1n) is 8.42. The van der Waals surface area contributed by atoms with Crippen LogP contribution in [-0.4, -0.2) is 52.9 Å². The molecule has 1 aromatic heterocycles. The molecule has 6 heteroatoms. The average molecular weight is 338 g/mol. The minimum atomic E-state index is -0.124. The summed E-state index contributed by atoms with van der Waals surface area (Å²) in [5.74, 6) is 0.0530. The van der Waals surface area contributed by atoms with E-state index in [-0.39, 0.29) is 11.9 Å². The van der Waals surface area contributed by atoms with Crippen LogP contribution in [0.25, 0.3) is 0 Å². The molecule has 1 aromatic carbocycles. The number of urea groups is 1. The molecule has 1 aliphatic heterocycles. The van der Waals surface area contributed by atoms with Crippen molar-refractivity contribution < 1.29 is 9.59 Å². The monoisotopic (exact) mass is 338 g/mol. The lowest BCUT2D eigenvalue weighted by molar-refractivity contribution is -0.131. The van der Waals surface area contributed by atoms with E-state index >= 15 is 0 Å². The maximum absolute atomic E-state index is 12.3. The van der Waals surface area contributed by atoms with Crippen molar-refractivity contribution in [2.24, 2.45) is 0 Å². The van der Waals surface area contributed by atoms with Gasteiger partial charge >= 0.3 is 6.03 Å². The molecule has 0 spiro atoms. The van der Waals surface area contributed by atoms with Gasteiger partial charge in [0.1, 0.15) is 0 Å². The van der Waals surface area contributed by atoms with Crippen molar-refractivity contribution in [3.63, 3.8) is 0 Å². The standard InChI is InChI=1S/C19H22N4O2/c1-15-5-7-16(8-6-15)21-19(25)23-12-10-22(11-13-23)18(24)14-17-4-2-3-9-20-17/h2-9H,10-14H2,1H3,(H,21,25). The summed E-state index contributed by atoms with van der Waals surface area (Å²) in [7, 11) is 0. The number of hydrogen-bond acceptors (Lipinski definition) is 3. The summed E-state index contributed by atoms with van der Waals surface area (Å²) in [6.07, 6.45) is 1.99. The number of pyridine rings is 1. The summed E-state index contributed by atoms with van der Waals surface area (Å²) in [6, 6.07) is 13.1. The third-order valence-electron chi connectivity index (χ3n) is 4.28. The fraction of sp³-hybridized carbons (Fsp3) is 0.316. The van der Waals surface area contributed by atoms with Crippen LogP contribution >= 0.6 is 0 Å². The minimum Gasteiger partial charge on any atom is -0.339 e. The van der Waals surface area contributed by atoms with Crippen LogP contribution in [0.5, 0.6) is 0 Å². The Kier molecular flexibility index (Phi) is 5.28. The van der Waals surface area contributed by atoms with Crippen molar-refractivity contribution in [3.05, 3.63) is 59.9 Å². The molecule has 1 N–H and O–H groups in total. The average Bonchev–Trinajstić information content (AvgIpc) is 2.64. The zero-order valence-electron chi connectivity index (χ0n) is 14.3. The molecule has 0 atom stereocenters. The number of amides is 3. The summed E-state index contributed by atoms with van der Waals surface area (Å²) in [5, 5.41) is 2.90. The maximum Gasteiger partial charge on any atom is 0.321 e. The number of nitrogens with zero attached hydrogens (tertiary/aromatic N) is 3. The summed E-state index contributed by atoms with van der Waals surface area (Å²) in [4.78, 5) is 32.4. The van der Waals surface area contributed by atoms with Crippen molar-refractivity contribution in [2.45, 2.75) is 13.3 Å². The second-order valence-electron chi connectivity index (χ2n) is 6.16. The van der Waals surface area contributed by atoms with Gasteiger partial charge in [0.05, 0.1) is 6.42 Å². The van der Waals surface area contributed by atoms with Gasteiger partial charge in [0.15, 0.2) is 0 Å². The predicted molar refractivity (Wildman–Crippen MR) is 96.3 cm³/mol.